The Balaban J connectivity index is 2.18. The normalized spacial score (nSPS) is 10.6. The first kappa shape index (κ1) is 9.97. The average Bonchev–Trinajstić information content (AvgIpc) is 2.38. The van der Waals surface area contributed by atoms with Gasteiger partial charge in [0.15, 0.2) is 0 Å². The van der Waals surface area contributed by atoms with Gasteiger partial charge >= 0.3 is 0 Å². The summed E-state index contributed by atoms with van der Waals surface area (Å²) in [5, 5.41) is 1.16. The molecule has 0 fully saturated rings. The zero-order valence-electron chi connectivity index (χ0n) is 9.59. The van der Waals surface area contributed by atoms with E-state index in [9.17, 15) is 0 Å². The second-order valence-corrected chi connectivity index (χ2v) is 4.11. The number of hydrogen-bond donors (Lipinski definition) is 0. The van der Waals surface area contributed by atoms with E-state index in [2.05, 4.69) is 35.1 Å². The monoisotopic (exact) mass is 220 g/mol. The molecule has 0 radical (unpaired) electrons. The average molecular weight is 220 g/mol. The third kappa shape index (κ3) is 1.89. The van der Waals surface area contributed by atoms with E-state index in [0.717, 1.165) is 22.3 Å². The van der Waals surface area contributed by atoms with Crippen molar-refractivity contribution < 1.29 is 0 Å². The zero-order valence-corrected chi connectivity index (χ0v) is 9.59. The first-order chi connectivity index (χ1) is 8.33. The summed E-state index contributed by atoms with van der Waals surface area (Å²) in [4.78, 5) is 8.98. The molecule has 2 heterocycles. The molecule has 0 aliphatic carbocycles. The maximum Gasteiger partial charge on any atom is 0.0893 e. The van der Waals surface area contributed by atoms with Crippen molar-refractivity contribution in [3.8, 4) is 11.4 Å². The molecule has 0 spiro atoms. The Morgan fingerprint density at radius 1 is 0.882 bits per heavy atom. The summed E-state index contributed by atoms with van der Waals surface area (Å²) >= 11 is 0. The predicted octanol–water partition coefficient (Wildman–Crippen LogP) is 3.61. The lowest BCUT2D eigenvalue weighted by Gasteiger charge is -2.03. The van der Waals surface area contributed by atoms with Gasteiger partial charge in [-0.25, -0.2) is 4.98 Å². The molecule has 17 heavy (non-hydrogen) atoms. The van der Waals surface area contributed by atoms with Crippen LogP contribution in [0.25, 0.3) is 22.3 Å². The highest BCUT2D eigenvalue weighted by atomic mass is 14.8. The summed E-state index contributed by atoms with van der Waals surface area (Å²) in [5.74, 6) is 0. The van der Waals surface area contributed by atoms with Crippen molar-refractivity contribution in [3.63, 3.8) is 0 Å². The number of hydrogen-bond acceptors (Lipinski definition) is 2. The molecule has 1 aromatic carbocycles. The van der Waals surface area contributed by atoms with Crippen LogP contribution in [0.2, 0.25) is 0 Å². The minimum absolute atomic E-state index is 0.924. The summed E-state index contributed by atoms with van der Waals surface area (Å²) in [6.45, 7) is 2.06. The van der Waals surface area contributed by atoms with Crippen molar-refractivity contribution in [2.45, 2.75) is 6.92 Å². The Bertz CT molecular complexity index is 674. The molecule has 82 valence electrons. The molecule has 0 atom stereocenters. The molecule has 0 N–H and O–H groups in total. The van der Waals surface area contributed by atoms with Crippen molar-refractivity contribution in [1.82, 2.24) is 9.97 Å². The van der Waals surface area contributed by atoms with Crippen molar-refractivity contribution >= 4 is 10.9 Å². The number of benzene rings is 1. The largest absolute Gasteiger partial charge is 0.255 e. The summed E-state index contributed by atoms with van der Waals surface area (Å²) in [6.07, 6.45) is 1.82. The number of para-hydroxylation sites is 1. The number of rotatable bonds is 1. The standard InChI is InChI=1S/C15H12N2/c1-11-8-9-16-15(10-11)14-7-6-12-4-2-3-5-13(12)17-14/h2-10H,1H3. The first-order valence-electron chi connectivity index (χ1n) is 5.62. The molecular formula is C15H12N2. The topological polar surface area (TPSA) is 25.8 Å². The van der Waals surface area contributed by atoms with Gasteiger partial charge in [0.05, 0.1) is 16.9 Å². The van der Waals surface area contributed by atoms with Gasteiger partial charge in [-0.1, -0.05) is 24.3 Å². The molecule has 2 nitrogen and oxygen atoms in total. The lowest BCUT2D eigenvalue weighted by Crippen LogP contribution is -1.88. The van der Waals surface area contributed by atoms with E-state index in [4.69, 9.17) is 0 Å². The van der Waals surface area contributed by atoms with Crippen molar-refractivity contribution in [2.75, 3.05) is 0 Å². The fraction of sp³-hybridized carbons (Fsp3) is 0.0667. The Morgan fingerprint density at radius 3 is 2.65 bits per heavy atom. The molecule has 3 aromatic rings. The highest BCUT2D eigenvalue weighted by molar-refractivity contribution is 5.80. The van der Waals surface area contributed by atoms with Crippen LogP contribution < -0.4 is 0 Å². The molecule has 0 unspecified atom stereocenters. The van der Waals surface area contributed by atoms with Crippen molar-refractivity contribution in [1.29, 1.82) is 0 Å². The van der Waals surface area contributed by atoms with E-state index in [1.165, 1.54) is 5.56 Å². The Labute approximate surface area is 100.0 Å². The maximum atomic E-state index is 4.62. The quantitative estimate of drug-likeness (QED) is 0.626. The zero-order chi connectivity index (χ0) is 11.7. The number of fused-ring (bicyclic) bond motifs is 1. The predicted molar refractivity (Wildman–Crippen MR) is 69.7 cm³/mol. The van der Waals surface area contributed by atoms with E-state index < -0.39 is 0 Å². The van der Waals surface area contributed by atoms with Gasteiger partial charge in [-0.15, -0.1) is 0 Å². The second-order valence-electron chi connectivity index (χ2n) is 4.11. The van der Waals surface area contributed by atoms with Gasteiger partial charge in [0, 0.05) is 11.6 Å². The van der Waals surface area contributed by atoms with E-state index >= 15 is 0 Å². The molecule has 2 aromatic heterocycles. The van der Waals surface area contributed by atoms with Crippen molar-refractivity contribution in [3.05, 3.63) is 60.3 Å². The van der Waals surface area contributed by atoms with Gasteiger partial charge in [-0.2, -0.15) is 0 Å². The number of aromatic nitrogens is 2. The molecule has 2 heteroatoms. The molecule has 0 amide bonds. The highest BCUT2D eigenvalue weighted by Crippen LogP contribution is 2.19. The first-order valence-corrected chi connectivity index (χ1v) is 5.62. The molecule has 0 aliphatic rings. The molecule has 0 saturated carbocycles. The lowest BCUT2D eigenvalue weighted by molar-refractivity contribution is 1.25. The smallest absolute Gasteiger partial charge is 0.0893 e. The third-order valence-corrected chi connectivity index (χ3v) is 2.78. The fourth-order valence-corrected chi connectivity index (χ4v) is 1.88. The minimum Gasteiger partial charge on any atom is -0.255 e. The van der Waals surface area contributed by atoms with Crippen LogP contribution in [0.5, 0.6) is 0 Å². The van der Waals surface area contributed by atoms with E-state index in [1.54, 1.807) is 0 Å². The molecule has 0 aliphatic heterocycles. The fourth-order valence-electron chi connectivity index (χ4n) is 1.88. The van der Waals surface area contributed by atoms with Crippen LogP contribution >= 0.6 is 0 Å². The minimum atomic E-state index is 0.924. The number of nitrogens with zero attached hydrogens (tertiary/aromatic N) is 2. The van der Waals surface area contributed by atoms with Crippen LogP contribution in [0.3, 0.4) is 0 Å². The molecule has 0 bridgehead atoms. The summed E-state index contributed by atoms with van der Waals surface area (Å²) < 4.78 is 0. The molecule has 0 saturated heterocycles. The Morgan fingerprint density at radius 2 is 1.76 bits per heavy atom. The van der Waals surface area contributed by atoms with Gasteiger partial charge in [-0.3, -0.25) is 4.98 Å². The highest BCUT2D eigenvalue weighted by Gasteiger charge is 2.02. The van der Waals surface area contributed by atoms with Crippen LogP contribution in [0, 0.1) is 6.92 Å². The van der Waals surface area contributed by atoms with Crippen LogP contribution in [0.4, 0.5) is 0 Å². The summed E-state index contributed by atoms with van der Waals surface area (Å²) in [6, 6.07) is 16.3. The van der Waals surface area contributed by atoms with E-state index in [0.29, 0.717) is 0 Å². The van der Waals surface area contributed by atoms with Gasteiger partial charge < -0.3 is 0 Å². The van der Waals surface area contributed by atoms with Gasteiger partial charge in [0.1, 0.15) is 0 Å². The van der Waals surface area contributed by atoms with E-state index in [1.807, 2.05) is 36.5 Å². The van der Waals surface area contributed by atoms with Gasteiger partial charge in [0.2, 0.25) is 0 Å². The number of pyridine rings is 2. The summed E-state index contributed by atoms with van der Waals surface area (Å²) in [5.41, 5.74) is 4.06. The van der Waals surface area contributed by atoms with Gasteiger partial charge in [0.25, 0.3) is 0 Å². The Hall–Kier alpha value is -2.22. The van der Waals surface area contributed by atoms with Crippen molar-refractivity contribution in [2.24, 2.45) is 0 Å². The SMILES string of the molecule is Cc1ccnc(-c2ccc3ccccc3n2)c1. The van der Waals surface area contributed by atoms with Crippen LogP contribution in [0.15, 0.2) is 54.7 Å². The maximum absolute atomic E-state index is 4.62. The number of aryl methyl sites for hydroxylation is 1. The Kier molecular flexibility index (Phi) is 2.33. The van der Waals surface area contributed by atoms with Gasteiger partial charge in [-0.05, 0) is 36.8 Å². The lowest BCUT2D eigenvalue weighted by atomic mass is 10.1. The molecular weight excluding hydrogens is 208 g/mol. The van der Waals surface area contributed by atoms with E-state index in [-0.39, 0.29) is 0 Å². The van der Waals surface area contributed by atoms with Crippen LogP contribution in [-0.2, 0) is 0 Å². The third-order valence-electron chi connectivity index (χ3n) is 2.78. The molecule has 3 rings (SSSR count). The van der Waals surface area contributed by atoms with Crippen LogP contribution in [0.1, 0.15) is 5.56 Å². The summed E-state index contributed by atoms with van der Waals surface area (Å²) in [7, 11) is 0. The van der Waals surface area contributed by atoms with Crippen LogP contribution in [-0.4, -0.2) is 9.97 Å². The second kappa shape index (κ2) is 3.98.